The first-order valence-corrected chi connectivity index (χ1v) is 3.08. The van der Waals surface area contributed by atoms with E-state index < -0.39 is 0 Å². The summed E-state index contributed by atoms with van der Waals surface area (Å²) < 4.78 is 7.35. The van der Waals surface area contributed by atoms with Crippen molar-refractivity contribution in [3.63, 3.8) is 0 Å². The van der Waals surface area contributed by atoms with Gasteiger partial charge in [-0.25, -0.2) is 4.85 Å². The van der Waals surface area contributed by atoms with Crippen LogP contribution in [0.4, 0.5) is 5.69 Å². The number of nitriles is 1. The van der Waals surface area contributed by atoms with E-state index in [1.807, 2.05) is 6.07 Å². The molecule has 0 atom stereocenters. The number of benzene rings is 1. The van der Waals surface area contributed by atoms with Crippen LogP contribution in [0.5, 0.6) is 0 Å². The minimum absolute atomic E-state index is 0.120. The van der Waals surface area contributed by atoms with Crippen molar-refractivity contribution < 1.29 is 1.37 Å². The Kier molecular flexibility index (Phi) is 1.54. The molecule has 0 aliphatic rings. The Balaban J connectivity index is 3.55. The highest BCUT2D eigenvalue weighted by Crippen LogP contribution is 2.22. The summed E-state index contributed by atoms with van der Waals surface area (Å²) in [5.41, 5.74) is 1.22. The van der Waals surface area contributed by atoms with E-state index >= 15 is 0 Å². The maximum atomic E-state index is 8.64. The Labute approximate surface area is 66.9 Å². The van der Waals surface area contributed by atoms with Crippen LogP contribution in [-0.2, 0) is 0 Å². The van der Waals surface area contributed by atoms with Gasteiger partial charge in [0.25, 0.3) is 0 Å². The van der Waals surface area contributed by atoms with Crippen molar-refractivity contribution in [1.29, 1.82) is 5.26 Å². The fourth-order valence-electron chi connectivity index (χ4n) is 0.824. The third-order valence-electron chi connectivity index (χ3n) is 1.39. The van der Waals surface area contributed by atoms with E-state index in [0.717, 1.165) is 5.56 Å². The fraction of sp³-hybridized carbons (Fsp3) is 0.111. The van der Waals surface area contributed by atoms with Crippen LogP contribution in [0, 0.1) is 24.8 Å². The maximum Gasteiger partial charge on any atom is 0.207 e. The van der Waals surface area contributed by atoms with Crippen LogP contribution in [0.25, 0.3) is 4.85 Å². The zero-order valence-corrected chi connectivity index (χ0v) is 6.05. The number of aryl methyl sites for hydroxylation is 1. The first-order valence-electron chi connectivity index (χ1n) is 3.58. The average Bonchev–Trinajstić information content (AvgIpc) is 2.08. The summed E-state index contributed by atoms with van der Waals surface area (Å²) in [6.45, 7) is 8.57. The van der Waals surface area contributed by atoms with Crippen molar-refractivity contribution in [3.8, 4) is 6.07 Å². The molecule has 1 aromatic rings. The van der Waals surface area contributed by atoms with Gasteiger partial charge in [-0.05, 0) is 12.5 Å². The van der Waals surface area contributed by atoms with Crippen molar-refractivity contribution in [2.75, 3.05) is 0 Å². The minimum Gasteiger partial charge on any atom is -0.236 e. The highest BCUT2D eigenvalue weighted by molar-refractivity contribution is 5.62. The second kappa shape index (κ2) is 2.86. The third-order valence-corrected chi connectivity index (χ3v) is 1.39. The van der Waals surface area contributed by atoms with E-state index in [2.05, 4.69) is 4.85 Å². The predicted molar refractivity (Wildman–Crippen MR) is 42.2 cm³/mol. The normalized spacial score (nSPS) is 9.55. The van der Waals surface area contributed by atoms with Gasteiger partial charge in [0.2, 0.25) is 5.69 Å². The van der Waals surface area contributed by atoms with E-state index in [1.165, 1.54) is 6.07 Å². The van der Waals surface area contributed by atoms with E-state index in [0.29, 0.717) is 5.69 Å². The van der Waals surface area contributed by atoms with Gasteiger partial charge in [0.1, 0.15) is 0 Å². The molecule has 0 radical (unpaired) electrons. The zero-order valence-electron chi connectivity index (χ0n) is 7.05. The zero-order chi connectivity index (χ0) is 9.14. The lowest BCUT2D eigenvalue weighted by Crippen LogP contribution is -1.77. The molecule has 2 nitrogen and oxygen atoms in total. The summed E-state index contributed by atoms with van der Waals surface area (Å²) in [5, 5.41) is 8.64. The molecule has 0 amide bonds. The van der Waals surface area contributed by atoms with Gasteiger partial charge in [-0.1, -0.05) is 18.2 Å². The van der Waals surface area contributed by atoms with Gasteiger partial charge in [0.15, 0.2) is 0 Å². The molecule has 0 saturated carbocycles. The van der Waals surface area contributed by atoms with Gasteiger partial charge in [0.05, 0.1) is 19.6 Å². The highest BCUT2D eigenvalue weighted by Gasteiger charge is 2.02. The molecule has 0 aliphatic carbocycles. The monoisotopic (exact) mass is 143 g/mol. The van der Waals surface area contributed by atoms with Crippen molar-refractivity contribution >= 4 is 5.69 Å². The van der Waals surface area contributed by atoms with Gasteiger partial charge >= 0.3 is 0 Å². The minimum atomic E-state index is 0.120. The summed E-state index contributed by atoms with van der Waals surface area (Å²) in [6.07, 6.45) is 0. The number of hydrogen-bond donors (Lipinski definition) is 0. The number of rotatable bonds is 0. The summed E-state index contributed by atoms with van der Waals surface area (Å²) in [6, 6.07) is 5.18. The Morgan fingerprint density at radius 3 is 3.00 bits per heavy atom. The van der Waals surface area contributed by atoms with Gasteiger partial charge in [-0.3, -0.25) is 0 Å². The Morgan fingerprint density at radius 1 is 1.82 bits per heavy atom. The van der Waals surface area contributed by atoms with Crippen LogP contribution in [0.1, 0.15) is 12.5 Å². The number of hydrogen-bond acceptors (Lipinski definition) is 1. The van der Waals surface area contributed by atoms with Crippen molar-refractivity contribution in [2.45, 2.75) is 6.92 Å². The largest absolute Gasteiger partial charge is 0.236 e. The third kappa shape index (κ3) is 1.20. The first-order chi connectivity index (χ1) is 5.70. The van der Waals surface area contributed by atoms with Crippen LogP contribution in [0.2, 0.25) is 0 Å². The van der Waals surface area contributed by atoms with E-state index in [1.54, 1.807) is 13.0 Å². The van der Waals surface area contributed by atoms with E-state index in [9.17, 15) is 0 Å². The molecular formula is C9H6N2. The fourth-order valence-corrected chi connectivity index (χ4v) is 0.824. The van der Waals surface area contributed by atoms with E-state index in [-0.39, 0.29) is 11.6 Å². The van der Waals surface area contributed by atoms with Crippen molar-refractivity contribution in [2.24, 2.45) is 0 Å². The quantitative estimate of drug-likeness (QED) is 0.512. The topological polar surface area (TPSA) is 28.1 Å². The molecule has 0 spiro atoms. The number of nitrogens with zero attached hydrogens (tertiary/aromatic N) is 2. The summed E-state index contributed by atoms with van der Waals surface area (Å²) >= 11 is 0. The molecule has 0 unspecified atom stereocenters. The van der Waals surface area contributed by atoms with Crippen molar-refractivity contribution in [1.82, 2.24) is 0 Å². The molecule has 0 fully saturated rings. The molecule has 2 heteroatoms. The van der Waals surface area contributed by atoms with Crippen LogP contribution in [0.15, 0.2) is 18.2 Å². The molecule has 52 valence electrons. The predicted octanol–water partition coefficient (Wildman–Crippen LogP) is 2.42. The van der Waals surface area contributed by atoms with Gasteiger partial charge < -0.3 is 0 Å². The molecule has 0 aliphatic heterocycles. The van der Waals surface area contributed by atoms with Crippen LogP contribution in [0.3, 0.4) is 0 Å². The summed E-state index contributed by atoms with van der Waals surface area (Å²) in [5.74, 6) is 0. The second-order valence-corrected chi connectivity index (χ2v) is 2.11. The Bertz CT molecular complexity index is 357. The average molecular weight is 143 g/mol. The SMILES string of the molecule is [2H]c1ccc(C)c([N+]#[C-])c1C#N. The standard InChI is InChI=1S/C9H6N2/c1-7-4-3-5-8(6-10)9(7)11-2/h3-5H,1H3/i5D. The molecule has 0 N–H and O–H groups in total. The molecular weight excluding hydrogens is 136 g/mol. The molecule has 1 rings (SSSR count). The summed E-state index contributed by atoms with van der Waals surface area (Å²) in [4.78, 5) is 3.21. The maximum absolute atomic E-state index is 8.64. The lowest BCUT2D eigenvalue weighted by molar-refractivity contribution is 1.44. The van der Waals surface area contributed by atoms with Gasteiger partial charge in [0, 0.05) is 0 Å². The molecule has 0 heterocycles. The van der Waals surface area contributed by atoms with Gasteiger partial charge in [-0.15, -0.1) is 0 Å². The van der Waals surface area contributed by atoms with Crippen LogP contribution >= 0.6 is 0 Å². The lowest BCUT2D eigenvalue weighted by atomic mass is 10.1. The smallest absolute Gasteiger partial charge is 0.207 e. The highest BCUT2D eigenvalue weighted by atomic mass is 14.7. The van der Waals surface area contributed by atoms with E-state index in [4.69, 9.17) is 13.2 Å². The molecule has 11 heavy (non-hydrogen) atoms. The Hall–Kier alpha value is -1.80. The van der Waals surface area contributed by atoms with Crippen LogP contribution in [-0.4, -0.2) is 0 Å². The van der Waals surface area contributed by atoms with Crippen molar-refractivity contribution in [3.05, 3.63) is 40.7 Å². The summed E-state index contributed by atoms with van der Waals surface area (Å²) in [7, 11) is 0. The van der Waals surface area contributed by atoms with Crippen LogP contribution < -0.4 is 0 Å². The first kappa shape index (κ1) is 5.95. The number of para-hydroxylation sites is 1. The van der Waals surface area contributed by atoms with Gasteiger partial charge in [-0.2, -0.15) is 5.26 Å². The molecule has 0 saturated heterocycles. The molecule has 0 aromatic heterocycles. The lowest BCUT2D eigenvalue weighted by Gasteiger charge is -1.96. The molecule has 1 aromatic carbocycles. The second-order valence-electron chi connectivity index (χ2n) is 2.11. The molecule has 0 bridgehead atoms. The Morgan fingerprint density at radius 2 is 2.55 bits per heavy atom.